The number of pyridine rings is 1. The molecule has 3 aliphatic heterocycles. The zero-order valence-corrected chi connectivity index (χ0v) is 28.2. The van der Waals surface area contributed by atoms with Gasteiger partial charge in [0.25, 0.3) is 0 Å². The van der Waals surface area contributed by atoms with Gasteiger partial charge in [-0.3, -0.25) is 28.2 Å². The fourth-order valence-electron chi connectivity index (χ4n) is 5.65. The molecule has 3 aromatic rings. The van der Waals surface area contributed by atoms with Gasteiger partial charge in [-0.15, -0.1) is 0 Å². The molecule has 10 N–H and O–H groups in total. The van der Waals surface area contributed by atoms with Crippen molar-refractivity contribution in [3.8, 4) is 0 Å². The van der Waals surface area contributed by atoms with Gasteiger partial charge < -0.3 is 56.1 Å². The van der Waals surface area contributed by atoms with E-state index in [1.54, 1.807) is 0 Å². The Labute approximate surface area is 291 Å². The molecule has 0 saturated carbocycles. The number of hydrogen-bond donors (Lipinski definition) is 8. The Kier molecular flexibility index (Phi) is 10.7. The summed E-state index contributed by atoms with van der Waals surface area (Å²) in [5.74, 6) is -2.48. The molecule has 0 aliphatic carbocycles. The van der Waals surface area contributed by atoms with Gasteiger partial charge in [-0.2, -0.15) is 4.31 Å². The van der Waals surface area contributed by atoms with E-state index in [4.69, 9.17) is 30.0 Å². The first-order valence-corrected chi connectivity index (χ1v) is 18.1. The number of allylic oxidation sites excluding steroid dienone is 1. The topological polar surface area (TPSA) is 348 Å². The molecule has 0 spiro atoms. The molecular weight excluding hydrogens is 738 g/mol. The van der Waals surface area contributed by atoms with E-state index in [-0.39, 0.29) is 28.1 Å². The van der Waals surface area contributed by atoms with Crippen LogP contribution in [0, 0.1) is 5.92 Å². The standard InChI is InChI=1S/C27H32N8O15P2/c28-23-17-25(32-10-31-23)35(11-33-17)27-22(40)20(38)16(49-27)9-47-52(44,45)50-51(42,43)46-8-15-19(37)21(39)26(48-15)34-6-3-13(14(7-34)24(29)41)18(36)12-1-4-30-5-2-12/h1-7,10-11,13,15-16,19-22,26-27,37-40H,8-9H2,(H2,29,41)(H,42,43)(H,44,45)(H2,28,31,32)/t13-,15-,16-,19-,20-,21-,22-,26-,27-/m0/s1. The van der Waals surface area contributed by atoms with Crippen LogP contribution in [-0.4, -0.2) is 127 Å². The summed E-state index contributed by atoms with van der Waals surface area (Å²) in [6.45, 7) is -1.90. The Bertz CT molecular complexity index is 1980. The normalized spacial score (nSPS) is 31.3. The second kappa shape index (κ2) is 14.8. The average molecular weight is 771 g/mol. The van der Waals surface area contributed by atoms with Crippen molar-refractivity contribution >= 4 is 44.3 Å². The highest BCUT2D eigenvalue weighted by molar-refractivity contribution is 7.61. The van der Waals surface area contributed by atoms with E-state index in [9.17, 15) is 48.9 Å². The van der Waals surface area contributed by atoms with Gasteiger partial charge in [0.1, 0.15) is 48.5 Å². The van der Waals surface area contributed by atoms with Crippen LogP contribution in [0.25, 0.3) is 11.2 Å². The van der Waals surface area contributed by atoms with Gasteiger partial charge in [-0.25, -0.2) is 24.1 Å². The second-order valence-corrected chi connectivity index (χ2v) is 14.6. The number of aliphatic hydroxyl groups excluding tert-OH is 4. The summed E-state index contributed by atoms with van der Waals surface area (Å²) in [6.07, 6.45) is -3.56. The number of nitrogens with zero attached hydrogens (tertiary/aromatic N) is 6. The third kappa shape index (κ3) is 7.68. The second-order valence-electron chi connectivity index (χ2n) is 11.6. The van der Waals surface area contributed by atoms with Gasteiger partial charge in [0.2, 0.25) is 5.91 Å². The van der Waals surface area contributed by atoms with E-state index in [2.05, 4.69) is 24.2 Å². The highest BCUT2D eigenvalue weighted by Gasteiger charge is 2.49. The van der Waals surface area contributed by atoms with Crippen molar-refractivity contribution < 1.29 is 71.8 Å². The molecule has 1 amide bonds. The minimum atomic E-state index is -5.45. The maximum atomic E-state index is 13.0. The molecule has 3 aliphatic rings. The van der Waals surface area contributed by atoms with E-state index in [1.807, 2.05) is 0 Å². The van der Waals surface area contributed by atoms with E-state index >= 15 is 0 Å². The van der Waals surface area contributed by atoms with Crippen LogP contribution in [0.1, 0.15) is 16.6 Å². The molecule has 3 aromatic heterocycles. The Morgan fingerprint density at radius 3 is 2.10 bits per heavy atom. The van der Waals surface area contributed by atoms with Crippen LogP contribution in [0.4, 0.5) is 5.82 Å². The molecule has 2 unspecified atom stereocenters. The lowest BCUT2D eigenvalue weighted by Crippen LogP contribution is -2.41. The first-order chi connectivity index (χ1) is 24.6. The molecule has 23 nitrogen and oxygen atoms in total. The van der Waals surface area contributed by atoms with Crippen LogP contribution in [0.5, 0.6) is 0 Å². The van der Waals surface area contributed by atoms with Crippen molar-refractivity contribution in [3.05, 3.63) is 66.8 Å². The minimum Gasteiger partial charge on any atom is -0.387 e. The Morgan fingerprint density at radius 1 is 0.885 bits per heavy atom. The van der Waals surface area contributed by atoms with E-state index < -0.39 is 95.5 Å². The molecule has 0 aromatic carbocycles. The zero-order valence-electron chi connectivity index (χ0n) is 26.4. The molecule has 2 saturated heterocycles. The third-order valence-electron chi connectivity index (χ3n) is 8.25. The summed E-state index contributed by atoms with van der Waals surface area (Å²) >= 11 is 0. The smallest absolute Gasteiger partial charge is 0.387 e. The largest absolute Gasteiger partial charge is 0.481 e. The van der Waals surface area contributed by atoms with Gasteiger partial charge in [-0.1, -0.05) is 6.08 Å². The molecule has 280 valence electrons. The minimum absolute atomic E-state index is 0.0378. The van der Waals surface area contributed by atoms with Crippen molar-refractivity contribution in [1.29, 1.82) is 0 Å². The maximum Gasteiger partial charge on any atom is 0.481 e. The van der Waals surface area contributed by atoms with Gasteiger partial charge in [-0.05, 0) is 12.1 Å². The fraction of sp³-hybridized carbons (Fsp3) is 0.407. The number of carbonyl (C=O) groups is 2. The first-order valence-electron chi connectivity index (χ1n) is 15.1. The number of fused-ring (bicyclic) bond motifs is 1. The van der Waals surface area contributed by atoms with Crippen molar-refractivity contribution in [1.82, 2.24) is 29.4 Å². The monoisotopic (exact) mass is 770 g/mol. The highest BCUT2D eigenvalue weighted by atomic mass is 31.3. The number of aliphatic hydroxyl groups is 4. The first kappa shape index (κ1) is 37.7. The van der Waals surface area contributed by atoms with Crippen LogP contribution < -0.4 is 11.5 Å². The summed E-state index contributed by atoms with van der Waals surface area (Å²) in [6, 6.07) is 2.90. The Morgan fingerprint density at radius 2 is 1.48 bits per heavy atom. The number of anilines is 1. The number of phosphoric ester groups is 2. The van der Waals surface area contributed by atoms with Crippen LogP contribution >= 0.6 is 15.6 Å². The quantitative estimate of drug-likeness (QED) is 0.0676. The number of Topliss-reactive ketones (excluding diaryl/α,β-unsaturated/α-hetero) is 1. The lowest BCUT2D eigenvalue weighted by Gasteiger charge is -2.31. The van der Waals surface area contributed by atoms with Gasteiger partial charge in [0, 0.05) is 35.9 Å². The molecule has 0 bridgehead atoms. The summed E-state index contributed by atoms with van der Waals surface area (Å²) < 4.78 is 51.3. The lowest BCUT2D eigenvalue weighted by molar-refractivity contribution is -0.115. The van der Waals surface area contributed by atoms with Crippen molar-refractivity contribution in [2.75, 3.05) is 18.9 Å². The number of nitrogens with two attached hydrogens (primary N) is 2. The highest BCUT2D eigenvalue weighted by Crippen LogP contribution is 2.60. The van der Waals surface area contributed by atoms with Crippen molar-refractivity contribution in [2.45, 2.75) is 49.1 Å². The van der Waals surface area contributed by atoms with Crippen LogP contribution in [0.3, 0.4) is 0 Å². The number of hydrogen-bond acceptors (Lipinski definition) is 19. The van der Waals surface area contributed by atoms with E-state index in [1.165, 1.54) is 47.7 Å². The average Bonchev–Trinajstić information content (AvgIpc) is 3.75. The predicted octanol–water partition coefficient (Wildman–Crippen LogP) is -2.18. The molecule has 52 heavy (non-hydrogen) atoms. The number of ketones is 1. The van der Waals surface area contributed by atoms with Crippen molar-refractivity contribution in [2.24, 2.45) is 11.7 Å². The SMILES string of the molecule is NC(=O)C1=CN([C@H]2O[C@@H](COP(=O)(O)OP(=O)(O)OC[C@@H]3O[C@H](n4cnc5c(N)ncnc54)[C@@H](O)[C@H]3O)[C@H](O)[C@@H]2O)C=C[C@@H]1C(=O)c1ccncc1. The summed E-state index contributed by atoms with van der Waals surface area (Å²) in [5, 5.41) is 42.3. The lowest BCUT2D eigenvalue weighted by atomic mass is 9.89. The van der Waals surface area contributed by atoms with Crippen LogP contribution in [-0.2, 0) is 36.8 Å². The van der Waals surface area contributed by atoms with E-state index in [0.29, 0.717) is 0 Å². The number of rotatable bonds is 13. The molecule has 2 fully saturated rings. The number of primary amides is 1. The molecule has 11 atom stereocenters. The van der Waals surface area contributed by atoms with Crippen LogP contribution in [0.2, 0.25) is 0 Å². The van der Waals surface area contributed by atoms with E-state index in [0.717, 1.165) is 17.4 Å². The Hall–Kier alpha value is -4.06. The maximum absolute atomic E-state index is 13.0. The molecule has 0 radical (unpaired) electrons. The van der Waals surface area contributed by atoms with Crippen LogP contribution in [0.15, 0.2) is 61.2 Å². The number of phosphoric acid groups is 2. The summed E-state index contributed by atoms with van der Waals surface area (Å²) in [7, 11) is -10.9. The third-order valence-corrected chi connectivity index (χ3v) is 10.8. The van der Waals surface area contributed by atoms with Gasteiger partial charge in [0.15, 0.2) is 29.7 Å². The molecule has 6 heterocycles. The number of nitrogen functional groups attached to an aromatic ring is 1. The predicted molar refractivity (Wildman–Crippen MR) is 169 cm³/mol. The van der Waals surface area contributed by atoms with Gasteiger partial charge in [0.05, 0.1) is 25.5 Å². The number of amides is 1. The molecular formula is C27H32N8O15P2. The number of aromatic nitrogens is 5. The number of ether oxygens (including phenoxy) is 2. The number of carbonyl (C=O) groups excluding carboxylic acids is 2. The van der Waals surface area contributed by atoms with Crippen molar-refractivity contribution in [3.63, 3.8) is 0 Å². The Balaban J connectivity index is 1.03. The molecule has 6 rings (SSSR count). The number of imidazole rings is 1. The fourth-order valence-corrected chi connectivity index (χ4v) is 7.74. The zero-order chi connectivity index (χ0) is 37.5. The van der Waals surface area contributed by atoms with Gasteiger partial charge >= 0.3 is 15.6 Å². The summed E-state index contributed by atoms with van der Waals surface area (Å²) in [5.41, 5.74) is 11.7. The summed E-state index contributed by atoms with van der Waals surface area (Å²) in [4.78, 5) is 62.4. The molecule has 25 heteroatoms.